The Morgan fingerprint density at radius 3 is 2.44 bits per heavy atom. The highest BCUT2D eigenvalue weighted by molar-refractivity contribution is 5.25. The van der Waals surface area contributed by atoms with Gasteiger partial charge in [0.1, 0.15) is 0 Å². The highest BCUT2D eigenvalue weighted by Crippen LogP contribution is 2.26. The van der Waals surface area contributed by atoms with E-state index in [9.17, 15) is 0 Å². The molecule has 1 fully saturated rings. The Balaban J connectivity index is 1.95. The second-order valence-electron chi connectivity index (χ2n) is 6.25. The van der Waals surface area contributed by atoms with Gasteiger partial charge < -0.3 is 5.73 Å². The van der Waals surface area contributed by atoms with Gasteiger partial charge in [-0.05, 0) is 42.2 Å². The topological polar surface area (TPSA) is 26.0 Å². The van der Waals surface area contributed by atoms with Crippen LogP contribution >= 0.6 is 0 Å². The fourth-order valence-corrected chi connectivity index (χ4v) is 3.06. The van der Waals surface area contributed by atoms with Gasteiger partial charge in [0, 0.05) is 6.04 Å². The van der Waals surface area contributed by atoms with Crippen LogP contribution in [0.3, 0.4) is 0 Å². The average Bonchev–Trinajstić information content (AvgIpc) is 2.54. The van der Waals surface area contributed by atoms with Crippen molar-refractivity contribution in [2.45, 2.75) is 64.3 Å². The monoisotopic (exact) mass is 245 g/mol. The minimum Gasteiger partial charge on any atom is -0.328 e. The molecule has 2 atom stereocenters. The second kappa shape index (κ2) is 6.38. The zero-order chi connectivity index (χ0) is 13.0. The van der Waals surface area contributed by atoms with Gasteiger partial charge in [0.15, 0.2) is 0 Å². The van der Waals surface area contributed by atoms with Crippen molar-refractivity contribution in [3.63, 3.8) is 0 Å². The molecule has 0 aromatic heterocycles. The molecule has 1 aromatic rings. The van der Waals surface area contributed by atoms with Crippen molar-refractivity contribution in [3.05, 3.63) is 35.4 Å². The summed E-state index contributed by atoms with van der Waals surface area (Å²) < 4.78 is 0. The first-order valence-corrected chi connectivity index (χ1v) is 7.49. The van der Waals surface area contributed by atoms with E-state index in [0.29, 0.717) is 12.0 Å². The lowest BCUT2D eigenvalue weighted by Gasteiger charge is -2.17. The lowest BCUT2D eigenvalue weighted by atomic mass is 9.90. The molecule has 1 aliphatic carbocycles. The SMILES string of the molecule is CC(C)c1ccc(CC2CCCCC(N)C2)cc1. The fraction of sp³-hybridized carbons (Fsp3) is 0.647. The summed E-state index contributed by atoms with van der Waals surface area (Å²) in [7, 11) is 0. The maximum Gasteiger partial charge on any atom is 0.00415 e. The maximum absolute atomic E-state index is 6.14. The van der Waals surface area contributed by atoms with Crippen LogP contribution in [-0.2, 0) is 6.42 Å². The molecule has 1 aliphatic rings. The summed E-state index contributed by atoms with van der Waals surface area (Å²) in [5.74, 6) is 1.43. The summed E-state index contributed by atoms with van der Waals surface area (Å²) in [5, 5.41) is 0. The molecule has 1 nitrogen and oxygen atoms in total. The Hall–Kier alpha value is -0.820. The maximum atomic E-state index is 6.14. The molecular formula is C17H27N. The first-order chi connectivity index (χ1) is 8.65. The molecule has 18 heavy (non-hydrogen) atoms. The summed E-state index contributed by atoms with van der Waals surface area (Å²) in [4.78, 5) is 0. The van der Waals surface area contributed by atoms with E-state index in [4.69, 9.17) is 5.73 Å². The molecule has 0 radical (unpaired) electrons. The van der Waals surface area contributed by atoms with Crippen LogP contribution < -0.4 is 5.73 Å². The number of rotatable bonds is 3. The predicted molar refractivity (Wildman–Crippen MR) is 78.8 cm³/mol. The molecule has 2 N–H and O–H groups in total. The van der Waals surface area contributed by atoms with E-state index in [1.807, 2.05) is 0 Å². The Labute approximate surface area is 112 Å². The van der Waals surface area contributed by atoms with Crippen molar-refractivity contribution in [1.29, 1.82) is 0 Å². The molecule has 1 heteroatoms. The molecule has 0 aliphatic heterocycles. The van der Waals surface area contributed by atoms with E-state index in [2.05, 4.69) is 38.1 Å². The van der Waals surface area contributed by atoms with E-state index in [0.717, 1.165) is 5.92 Å². The summed E-state index contributed by atoms with van der Waals surface area (Å²) >= 11 is 0. The van der Waals surface area contributed by atoms with E-state index in [1.54, 1.807) is 0 Å². The van der Waals surface area contributed by atoms with Crippen LogP contribution in [0, 0.1) is 5.92 Å². The molecule has 100 valence electrons. The molecule has 1 saturated carbocycles. The summed E-state index contributed by atoms with van der Waals surface area (Å²) in [6, 6.07) is 9.64. The van der Waals surface area contributed by atoms with Crippen LogP contribution in [0.25, 0.3) is 0 Å². The van der Waals surface area contributed by atoms with Gasteiger partial charge in [0.25, 0.3) is 0 Å². The number of hydrogen-bond donors (Lipinski definition) is 1. The zero-order valence-electron chi connectivity index (χ0n) is 11.9. The van der Waals surface area contributed by atoms with Gasteiger partial charge >= 0.3 is 0 Å². The Morgan fingerprint density at radius 2 is 1.78 bits per heavy atom. The number of hydrogen-bond acceptors (Lipinski definition) is 1. The van der Waals surface area contributed by atoms with Gasteiger partial charge in [-0.1, -0.05) is 57.4 Å². The lowest BCUT2D eigenvalue weighted by molar-refractivity contribution is 0.431. The van der Waals surface area contributed by atoms with Crippen molar-refractivity contribution in [2.75, 3.05) is 0 Å². The minimum absolute atomic E-state index is 0.437. The predicted octanol–water partition coefficient (Wildman–Crippen LogP) is 4.26. The van der Waals surface area contributed by atoms with Crippen LogP contribution in [-0.4, -0.2) is 6.04 Å². The molecule has 0 bridgehead atoms. The van der Waals surface area contributed by atoms with Crippen LogP contribution in [0.1, 0.15) is 63.0 Å². The molecule has 0 spiro atoms. The van der Waals surface area contributed by atoms with E-state index in [1.165, 1.54) is 49.7 Å². The molecule has 1 aromatic carbocycles. The number of benzene rings is 1. The van der Waals surface area contributed by atoms with Gasteiger partial charge in [0.2, 0.25) is 0 Å². The highest BCUT2D eigenvalue weighted by atomic mass is 14.6. The third kappa shape index (κ3) is 3.84. The Morgan fingerprint density at radius 1 is 1.11 bits per heavy atom. The van der Waals surface area contributed by atoms with Crippen molar-refractivity contribution >= 4 is 0 Å². The van der Waals surface area contributed by atoms with E-state index in [-0.39, 0.29) is 0 Å². The average molecular weight is 245 g/mol. The Kier molecular flexibility index (Phi) is 4.82. The molecule has 0 saturated heterocycles. The van der Waals surface area contributed by atoms with Crippen molar-refractivity contribution in [3.8, 4) is 0 Å². The molecule has 2 rings (SSSR count). The van der Waals surface area contributed by atoms with Crippen LogP contribution in [0.5, 0.6) is 0 Å². The minimum atomic E-state index is 0.437. The third-order valence-electron chi connectivity index (χ3n) is 4.24. The highest BCUT2D eigenvalue weighted by Gasteiger charge is 2.17. The van der Waals surface area contributed by atoms with Gasteiger partial charge in [-0.15, -0.1) is 0 Å². The fourth-order valence-electron chi connectivity index (χ4n) is 3.06. The van der Waals surface area contributed by atoms with Crippen LogP contribution in [0.2, 0.25) is 0 Å². The lowest BCUT2D eigenvalue weighted by Crippen LogP contribution is -2.22. The summed E-state index contributed by atoms with van der Waals surface area (Å²) in [6.07, 6.45) is 7.70. The third-order valence-corrected chi connectivity index (χ3v) is 4.24. The molecule has 0 amide bonds. The largest absolute Gasteiger partial charge is 0.328 e. The first-order valence-electron chi connectivity index (χ1n) is 7.49. The van der Waals surface area contributed by atoms with Crippen molar-refractivity contribution in [2.24, 2.45) is 11.7 Å². The number of nitrogens with two attached hydrogens (primary N) is 1. The van der Waals surface area contributed by atoms with E-state index < -0.39 is 0 Å². The molecule has 0 heterocycles. The first kappa shape index (κ1) is 13.6. The summed E-state index contributed by atoms with van der Waals surface area (Å²) in [5.41, 5.74) is 9.07. The van der Waals surface area contributed by atoms with Gasteiger partial charge in [-0.2, -0.15) is 0 Å². The van der Waals surface area contributed by atoms with Crippen molar-refractivity contribution in [1.82, 2.24) is 0 Å². The van der Waals surface area contributed by atoms with Gasteiger partial charge in [-0.25, -0.2) is 0 Å². The Bertz CT molecular complexity index is 352. The van der Waals surface area contributed by atoms with Crippen molar-refractivity contribution < 1.29 is 0 Å². The zero-order valence-corrected chi connectivity index (χ0v) is 11.9. The normalized spacial score (nSPS) is 25.1. The second-order valence-corrected chi connectivity index (χ2v) is 6.25. The van der Waals surface area contributed by atoms with Crippen LogP contribution in [0.4, 0.5) is 0 Å². The van der Waals surface area contributed by atoms with Crippen LogP contribution in [0.15, 0.2) is 24.3 Å². The molecule has 2 unspecified atom stereocenters. The van der Waals surface area contributed by atoms with E-state index >= 15 is 0 Å². The molecular weight excluding hydrogens is 218 g/mol. The summed E-state index contributed by atoms with van der Waals surface area (Å²) in [6.45, 7) is 4.50. The standard InChI is InChI=1S/C17H27N/c1-13(2)16-9-7-14(8-10-16)11-15-5-3-4-6-17(18)12-15/h7-10,13,15,17H,3-6,11-12,18H2,1-2H3. The van der Waals surface area contributed by atoms with Gasteiger partial charge in [-0.3, -0.25) is 0 Å². The smallest absolute Gasteiger partial charge is 0.00415 e. The quantitative estimate of drug-likeness (QED) is 0.791. The van der Waals surface area contributed by atoms with Gasteiger partial charge in [0.05, 0.1) is 0 Å².